The number of imide groups is 2. The Bertz CT molecular complexity index is 2060. The summed E-state index contributed by atoms with van der Waals surface area (Å²) in [6.45, 7) is 0. The van der Waals surface area contributed by atoms with Crippen LogP contribution in [0.3, 0.4) is 0 Å². The van der Waals surface area contributed by atoms with Crippen molar-refractivity contribution >= 4 is 90.8 Å². The topological polar surface area (TPSA) is 324 Å². The largest absolute Gasteiger partial charge is 0.478 e. The van der Waals surface area contributed by atoms with Crippen LogP contribution < -0.4 is 21.5 Å². The number of nitrogens with one attached hydrogen (secondary N) is 4. The van der Waals surface area contributed by atoms with E-state index in [0.29, 0.717) is 12.2 Å². The van der Waals surface area contributed by atoms with Gasteiger partial charge in [-0.05, 0) is 35.4 Å². The standard InChI is InChI=1S/C26H18N6O14S2/c33-19-9-15(25(37)38)21(23(35)27-19)31-29-13-5-3-11(17(7-13)47(41,42)43)1-2-12-4-6-14(8-18(12)48(44,45)46)30-32-22-16(26(39)40)10-20(34)28-24(22)36/h1-10,29-30H,(H,37,38)(H,39,40)(H,27,33,35)(H,28,34,36)(H,41,42,43)(H,44,45,46)/b2-1+,31-21+,32-22+. The quantitative estimate of drug-likeness (QED) is 0.0651. The van der Waals surface area contributed by atoms with Crippen molar-refractivity contribution in [1.82, 2.24) is 10.6 Å². The van der Waals surface area contributed by atoms with Gasteiger partial charge < -0.3 is 10.2 Å². The fourth-order valence-electron chi connectivity index (χ4n) is 3.96. The number of benzene rings is 2. The van der Waals surface area contributed by atoms with Crippen molar-refractivity contribution in [3.63, 3.8) is 0 Å². The molecule has 48 heavy (non-hydrogen) atoms. The lowest BCUT2D eigenvalue weighted by Crippen LogP contribution is -2.42. The lowest BCUT2D eigenvalue weighted by molar-refractivity contribution is -0.133. The van der Waals surface area contributed by atoms with Gasteiger partial charge in [0.25, 0.3) is 43.9 Å². The van der Waals surface area contributed by atoms with Gasteiger partial charge >= 0.3 is 11.9 Å². The highest BCUT2D eigenvalue weighted by atomic mass is 32.2. The molecule has 0 radical (unpaired) electrons. The van der Waals surface area contributed by atoms with Gasteiger partial charge in [-0.3, -0.25) is 49.8 Å². The summed E-state index contributed by atoms with van der Waals surface area (Å²) in [5.74, 6) is -7.64. The lowest BCUT2D eigenvalue weighted by atomic mass is 10.1. The molecule has 2 aliphatic heterocycles. The minimum absolute atomic E-state index is 0.186. The fraction of sp³-hybridized carbons (Fsp3) is 0. The molecule has 2 heterocycles. The first-order chi connectivity index (χ1) is 22.3. The highest BCUT2D eigenvalue weighted by Gasteiger charge is 2.30. The molecule has 0 unspecified atom stereocenters. The van der Waals surface area contributed by atoms with Crippen LogP contribution in [0.2, 0.25) is 0 Å². The summed E-state index contributed by atoms with van der Waals surface area (Å²) in [5.41, 5.74) is 0.693. The molecule has 8 N–H and O–H groups in total. The predicted molar refractivity (Wildman–Crippen MR) is 161 cm³/mol. The predicted octanol–water partition coefficient (Wildman–Crippen LogP) is -0.779. The molecular weight excluding hydrogens is 684 g/mol. The van der Waals surface area contributed by atoms with Crippen LogP contribution in [0.1, 0.15) is 11.1 Å². The molecule has 2 aromatic rings. The number of nitrogens with zero attached hydrogens (tertiary/aromatic N) is 2. The molecule has 2 aromatic carbocycles. The van der Waals surface area contributed by atoms with Crippen molar-refractivity contribution in [2.75, 3.05) is 10.9 Å². The number of amides is 4. The van der Waals surface area contributed by atoms with E-state index in [4.69, 9.17) is 0 Å². The van der Waals surface area contributed by atoms with Gasteiger partial charge in [-0.2, -0.15) is 27.0 Å². The lowest BCUT2D eigenvalue weighted by Gasteiger charge is -2.13. The zero-order chi connectivity index (χ0) is 35.6. The zero-order valence-corrected chi connectivity index (χ0v) is 25.0. The Morgan fingerprint density at radius 2 is 1.00 bits per heavy atom. The average molecular weight is 703 g/mol. The van der Waals surface area contributed by atoms with Crippen LogP contribution in [-0.4, -0.2) is 83.1 Å². The number of aliphatic carboxylic acids is 2. The second kappa shape index (κ2) is 13.2. The first-order valence-corrected chi connectivity index (χ1v) is 15.4. The zero-order valence-electron chi connectivity index (χ0n) is 23.4. The summed E-state index contributed by atoms with van der Waals surface area (Å²) < 4.78 is 68.2. The molecule has 4 amide bonds. The molecule has 0 atom stereocenters. The van der Waals surface area contributed by atoms with E-state index < -0.39 is 88.2 Å². The summed E-state index contributed by atoms with van der Waals surface area (Å²) in [4.78, 5) is 68.3. The number of carboxylic acids is 2. The number of rotatable bonds is 10. The second-order valence-corrected chi connectivity index (χ2v) is 12.1. The SMILES string of the molecule is O=C1C=C(C(=O)O)/C(=N\Nc2ccc(/C=C/c3ccc(N/N=C4/C(=O)NC(=O)C=C4C(=O)O)cc3S(=O)(=O)O)c(S(=O)(=O)O)c2)C(=O)N1. The minimum Gasteiger partial charge on any atom is -0.478 e. The van der Waals surface area contributed by atoms with Gasteiger partial charge in [0.1, 0.15) is 9.79 Å². The molecule has 0 saturated heterocycles. The number of carbonyl (C=O) groups excluding carboxylic acids is 4. The van der Waals surface area contributed by atoms with Crippen molar-refractivity contribution < 1.29 is 64.9 Å². The third kappa shape index (κ3) is 7.88. The van der Waals surface area contributed by atoms with E-state index in [2.05, 4.69) is 21.1 Å². The highest BCUT2D eigenvalue weighted by Crippen LogP contribution is 2.26. The van der Waals surface area contributed by atoms with E-state index in [9.17, 15) is 64.9 Å². The van der Waals surface area contributed by atoms with E-state index in [1.807, 2.05) is 10.6 Å². The third-order valence-corrected chi connectivity index (χ3v) is 7.86. The smallest absolute Gasteiger partial charge is 0.338 e. The van der Waals surface area contributed by atoms with Crippen LogP contribution in [0.25, 0.3) is 12.2 Å². The van der Waals surface area contributed by atoms with Crippen LogP contribution in [0.4, 0.5) is 11.4 Å². The molecule has 22 heteroatoms. The highest BCUT2D eigenvalue weighted by molar-refractivity contribution is 7.86. The minimum atomic E-state index is -4.99. The maximum Gasteiger partial charge on any atom is 0.338 e. The summed E-state index contributed by atoms with van der Waals surface area (Å²) >= 11 is 0. The fourth-order valence-corrected chi connectivity index (χ4v) is 5.38. The van der Waals surface area contributed by atoms with Crippen molar-refractivity contribution in [3.05, 3.63) is 70.8 Å². The molecule has 0 spiro atoms. The Kier molecular flexibility index (Phi) is 9.47. The van der Waals surface area contributed by atoms with Crippen molar-refractivity contribution in [3.8, 4) is 0 Å². The molecule has 0 bridgehead atoms. The van der Waals surface area contributed by atoms with E-state index in [1.165, 1.54) is 12.1 Å². The maximum atomic E-state index is 12.2. The van der Waals surface area contributed by atoms with E-state index in [1.54, 1.807) is 0 Å². The van der Waals surface area contributed by atoms with Gasteiger partial charge in [0, 0.05) is 12.2 Å². The molecule has 0 fully saturated rings. The van der Waals surface area contributed by atoms with Crippen molar-refractivity contribution in [1.29, 1.82) is 0 Å². The van der Waals surface area contributed by atoms with Crippen LogP contribution in [-0.2, 0) is 49.0 Å². The van der Waals surface area contributed by atoms with Gasteiger partial charge in [0.15, 0.2) is 11.4 Å². The number of carbonyl (C=O) groups is 6. The van der Waals surface area contributed by atoms with Crippen molar-refractivity contribution in [2.24, 2.45) is 10.2 Å². The van der Waals surface area contributed by atoms with Crippen LogP contribution in [0.5, 0.6) is 0 Å². The van der Waals surface area contributed by atoms with Crippen LogP contribution in [0.15, 0.2) is 79.7 Å². The Balaban J connectivity index is 1.67. The Morgan fingerprint density at radius 3 is 1.31 bits per heavy atom. The van der Waals surface area contributed by atoms with Gasteiger partial charge in [-0.25, -0.2) is 9.59 Å². The van der Waals surface area contributed by atoms with Crippen molar-refractivity contribution in [2.45, 2.75) is 9.79 Å². The van der Waals surface area contributed by atoms with E-state index in [-0.39, 0.29) is 22.5 Å². The molecule has 0 aromatic heterocycles. The van der Waals surface area contributed by atoms with Gasteiger partial charge in [-0.1, -0.05) is 24.3 Å². The molecule has 2 aliphatic rings. The van der Waals surface area contributed by atoms with E-state index >= 15 is 0 Å². The van der Waals surface area contributed by atoms with Crippen LogP contribution >= 0.6 is 0 Å². The monoisotopic (exact) mass is 702 g/mol. The normalized spacial score (nSPS) is 17.1. The summed E-state index contributed by atoms with van der Waals surface area (Å²) in [6.07, 6.45) is 3.28. The average Bonchev–Trinajstić information content (AvgIpc) is 2.97. The Labute approximate surface area is 267 Å². The molecule has 248 valence electrons. The van der Waals surface area contributed by atoms with Gasteiger partial charge in [0.2, 0.25) is 0 Å². The summed E-state index contributed by atoms with van der Waals surface area (Å²) in [5, 5.41) is 29.4. The number of anilines is 2. The number of hydrogen-bond acceptors (Lipinski definition) is 14. The molecular formula is C26H18N6O14S2. The number of hydrazone groups is 2. The second-order valence-electron chi connectivity index (χ2n) is 9.30. The molecule has 0 aliphatic carbocycles. The number of hydrogen-bond donors (Lipinski definition) is 8. The summed E-state index contributed by atoms with van der Waals surface area (Å²) in [6, 6.07) is 6.23. The third-order valence-electron chi connectivity index (χ3n) is 6.04. The van der Waals surface area contributed by atoms with Gasteiger partial charge in [-0.15, -0.1) is 0 Å². The van der Waals surface area contributed by atoms with E-state index in [0.717, 1.165) is 36.4 Å². The first-order valence-electron chi connectivity index (χ1n) is 12.5. The molecule has 4 rings (SSSR count). The molecule has 20 nitrogen and oxygen atoms in total. The Morgan fingerprint density at radius 1 is 0.646 bits per heavy atom. The summed E-state index contributed by atoms with van der Waals surface area (Å²) in [7, 11) is -9.98. The van der Waals surface area contributed by atoms with Gasteiger partial charge in [0.05, 0.1) is 22.5 Å². The number of carboxylic acid groups (broad SMARTS) is 2. The maximum absolute atomic E-state index is 12.2. The van der Waals surface area contributed by atoms with Crippen LogP contribution in [0, 0.1) is 0 Å². The first kappa shape index (κ1) is 34.5. The Hall–Kier alpha value is -6.36. The molecule has 0 saturated carbocycles.